The summed E-state index contributed by atoms with van der Waals surface area (Å²) >= 11 is 0. The molecule has 0 bridgehead atoms. The summed E-state index contributed by atoms with van der Waals surface area (Å²) in [4.78, 5) is 12.5. The van der Waals surface area contributed by atoms with Gasteiger partial charge in [-0.25, -0.2) is 0 Å². The van der Waals surface area contributed by atoms with E-state index >= 15 is 0 Å². The van der Waals surface area contributed by atoms with Gasteiger partial charge in [-0.3, -0.25) is 10.1 Å². The van der Waals surface area contributed by atoms with Crippen molar-refractivity contribution in [2.45, 2.75) is 18.9 Å². The van der Waals surface area contributed by atoms with Gasteiger partial charge in [-0.15, -0.1) is 0 Å². The summed E-state index contributed by atoms with van der Waals surface area (Å²) in [6, 6.07) is 4.79. The Balaban J connectivity index is 2.33. The number of nitrogens with zero attached hydrogens (tertiary/aromatic N) is 2. The molecule has 0 aromatic heterocycles. The number of benzene rings is 1. The van der Waals surface area contributed by atoms with Crippen molar-refractivity contribution in [1.82, 2.24) is 0 Å². The second-order valence-electron chi connectivity index (χ2n) is 4.35. The van der Waals surface area contributed by atoms with Crippen molar-refractivity contribution in [3.8, 4) is 5.75 Å². The van der Waals surface area contributed by atoms with E-state index in [-0.39, 0.29) is 5.69 Å². The molecule has 1 unspecified atom stereocenters. The maximum atomic E-state index is 11.1. The lowest BCUT2D eigenvalue weighted by molar-refractivity contribution is -0.384. The quantitative estimate of drug-likeness (QED) is 0.652. The van der Waals surface area contributed by atoms with Crippen LogP contribution in [0, 0.1) is 10.1 Å². The van der Waals surface area contributed by atoms with Gasteiger partial charge in [0.1, 0.15) is 11.4 Å². The zero-order valence-corrected chi connectivity index (χ0v) is 10.2. The number of methoxy groups -OCH3 is 1. The first-order valence-corrected chi connectivity index (χ1v) is 5.87. The summed E-state index contributed by atoms with van der Waals surface area (Å²) in [5.74, 6) is 0.461. The van der Waals surface area contributed by atoms with E-state index < -0.39 is 11.0 Å². The van der Waals surface area contributed by atoms with Crippen LogP contribution in [0.5, 0.6) is 5.75 Å². The molecule has 1 atom stereocenters. The lowest BCUT2D eigenvalue weighted by Gasteiger charge is -2.31. The van der Waals surface area contributed by atoms with E-state index in [0.717, 1.165) is 19.4 Å². The lowest BCUT2D eigenvalue weighted by atomic mass is 10.1. The van der Waals surface area contributed by atoms with Crippen molar-refractivity contribution >= 4 is 11.4 Å². The standard InChI is InChI=1S/C12H16N2O4/c1-18-10-4-5-11(12(7-10)14(16)17)13-6-2-3-9(15)8-13/h4-5,7,9,15H,2-3,6,8H2,1H3. The average molecular weight is 252 g/mol. The molecule has 1 fully saturated rings. The molecule has 6 heteroatoms. The molecule has 0 amide bonds. The number of hydrogen-bond donors (Lipinski definition) is 1. The number of piperidine rings is 1. The van der Waals surface area contributed by atoms with Crippen LogP contribution in [0.2, 0.25) is 0 Å². The van der Waals surface area contributed by atoms with Crippen LogP contribution in [-0.2, 0) is 0 Å². The van der Waals surface area contributed by atoms with Gasteiger partial charge in [0, 0.05) is 13.1 Å². The third-order valence-corrected chi connectivity index (χ3v) is 3.12. The minimum Gasteiger partial charge on any atom is -0.496 e. The van der Waals surface area contributed by atoms with Crippen molar-refractivity contribution in [1.29, 1.82) is 0 Å². The number of aliphatic hydroxyl groups excluding tert-OH is 1. The van der Waals surface area contributed by atoms with E-state index in [1.807, 2.05) is 4.90 Å². The Morgan fingerprint density at radius 2 is 2.33 bits per heavy atom. The largest absolute Gasteiger partial charge is 0.496 e. The van der Waals surface area contributed by atoms with Gasteiger partial charge in [-0.1, -0.05) is 0 Å². The van der Waals surface area contributed by atoms with Crippen molar-refractivity contribution in [2.24, 2.45) is 0 Å². The number of hydrogen-bond acceptors (Lipinski definition) is 5. The summed E-state index contributed by atoms with van der Waals surface area (Å²) < 4.78 is 5.00. The SMILES string of the molecule is COc1ccc(N2CCCC(O)C2)c([N+](=O)[O-])c1. The molecule has 2 rings (SSSR count). The second kappa shape index (κ2) is 5.22. The molecule has 1 aliphatic heterocycles. The summed E-state index contributed by atoms with van der Waals surface area (Å²) in [5, 5.41) is 20.7. The molecule has 0 aliphatic carbocycles. The summed E-state index contributed by atoms with van der Waals surface area (Å²) in [7, 11) is 1.48. The van der Waals surface area contributed by atoms with Crippen LogP contribution in [0.1, 0.15) is 12.8 Å². The molecule has 1 aromatic rings. The highest BCUT2D eigenvalue weighted by atomic mass is 16.6. The topological polar surface area (TPSA) is 75.8 Å². The first-order valence-electron chi connectivity index (χ1n) is 5.87. The van der Waals surface area contributed by atoms with Crippen molar-refractivity contribution in [3.05, 3.63) is 28.3 Å². The molecule has 6 nitrogen and oxygen atoms in total. The molecule has 0 spiro atoms. The highest BCUT2D eigenvalue weighted by Crippen LogP contribution is 2.33. The van der Waals surface area contributed by atoms with E-state index in [1.165, 1.54) is 13.2 Å². The minimum absolute atomic E-state index is 0.0171. The lowest BCUT2D eigenvalue weighted by Crippen LogP contribution is -2.38. The molecule has 0 radical (unpaired) electrons. The molecule has 1 N–H and O–H groups in total. The normalized spacial score (nSPS) is 19.7. The van der Waals surface area contributed by atoms with Gasteiger partial charge in [-0.05, 0) is 25.0 Å². The molecule has 0 saturated carbocycles. The van der Waals surface area contributed by atoms with Crippen LogP contribution in [0.3, 0.4) is 0 Å². The molecular weight excluding hydrogens is 236 g/mol. The zero-order valence-electron chi connectivity index (χ0n) is 10.2. The second-order valence-corrected chi connectivity index (χ2v) is 4.35. The first kappa shape index (κ1) is 12.6. The number of nitro groups is 1. The number of ether oxygens (including phenoxy) is 1. The van der Waals surface area contributed by atoms with E-state index in [0.29, 0.717) is 18.0 Å². The van der Waals surface area contributed by atoms with Gasteiger partial charge in [-0.2, -0.15) is 0 Å². The summed E-state index contributed by atoms with van der Waals surface area (Å²) in [5.41, 5.74) is 0.558. The molecule has 1 saturated heterocycles. The fraction of sp³-hybridized carbons (Fsp3) is 0.500. The zero-order chi connectivity index (χ0) is 13.1. The Bertz CT molecular complexity index is 450. The van der Waals surface area contributed by atoms with Gasteiger partial charge >= 0.3 is 0 Å². The van der Waals surface area contributed by atoms with Gasteiger partial charge < -0.3 is 14.7 Å². The third-order valence-electron chi connectivity index (χ3n) is 3.12. The Labute approximate surface area is 105 Å². The van der Waals surface area contributed by atoms with Crippen LogP contribution in [0.15, 0.2) is 18.2 Å². The Morgan fingerprint density at radius 3 is 2.94 bits per heavy atom. The maximum absolute atomic E-state index is 11.1. The van der Waals surface area contributed by atoms with E-state index in [4.69, 9.17) is 4.74 Å². The highest BCUT2D eigenvalue weighted by molar-refractivity contribution is 5.65. The highest BCUT2D eigenvalue weighted by Gasteiger charge is 2.24. The molecule has 98 valence electrons. The Hall–Kier alpha value is -1.82. The Morgan fingerprint density at radius 1 is 1.56 bits per heavy atom. The summed E-state index contributed by atoms with van der Waals surface area (Å²) in [6.45, 7) is 1.16. The minimum atomic E-state index is -0.418. The van der Waals surface area contributed by atoms with Crippen LogP contribution in [0.4, 0.5) is 11.4 Å². The smallest absolute Gasteiger partial charge is 0.296 e. The van der Waals surface area contributed by atoms with Crippen molar-refractivity contribution in [2.75, 3.05) is 25.1 Å². The third kappa shape index (κ3) is 2.53. The predicted octanol–water partition coefficient (Wildman–Crippen LogP) is 1.56. The number of nitro benzene ring substituents is 1. The monoisotopic (exact) mass is 252 g/mol. The maximum Gasteiger partial charge on any atom is 0.296 e. The molecule has 1 heterocycles. The molecule has 1 aromatic carbocycles. The molecule has 18 heavy (non-hydrogen) atoms. The first-order chi connectivity index (χ1) is 8.61. The fourth-order valence-corrected chi connectivity index (χ4v) is 2.22. The van der Waals surface area contributed by atoms with Crippen LogP contribution < -0.4 is 9.64 Å². The average Bonchev–Trinajstić information content (AvgIpc) is 2.38. The van der Waals surface area contributed by atoms with E-state index in [9.17, 15) is 15.2 Å². The number of anilines is 1. The van der Waals surface area contributed by atoms with Gasteiger partial charge in [0.15, 0.2) is 0 Å². The van der Waals surface area contributed by atoms with Gasteiger partial charge in [0.05, 0.1) is 24.2 Å². The van der Waals surface area contributed by atoms with Crippen LogP contribution in [-0.4, -0.2) is 36.3 Å². The number of rotatable bonds is 3. The van der Waals surface area contributed by atoms with Gasteiger partial charge in [0.2, 0.25) is 0 Å². The van der Waals surface area contributed by atoms with Crippen LogP contribution in [0.25, 0.3) is 0 Å². The number of β-amino-alcohol motifs (C(OH)–C–C–N with tert-alkyl or cyclic N) is 1. The predicted molar refractivity (Wildman–Crippen MR) is 67.1 cm³/mol. The summed E-state index contributed by atoms with van der Waals surface area (Å²) in [6.07, 6.45) is 1.17. The van der Waals surface area contributed by atoms with Crippen molar-refractivity contribution in [3.63, 3.8) is 0 Å². The van der Waals surface area contributed by atoms with Crippen molar-refractivity contribution < 1.29 is 14.8 Å². The fourth-order valence-electron chi connectivity index (χ4n) is 2.22. The van der Waals surface area contributed by atoms with E-state index in [2.05, 4.69) is 0 Å². The van der Waals surface area contributed by atoms with Crippen LogP contribution >= 0.6 is 0 Å². The Kier molecular flexibility index (Phi) is 3.66. The molecule has 1 aliphatic rings. The van der Waals surface area contributed by atoms with E-state index in [1.54, 1.807) is 12.1 Å². The van der Waals surface area contributed by atoms with Gasteiger partial charge in [0.25, 0.3) is 5.69 Å². The molecular formula is C12H16N2O4. The number of aliphatic hydroxyl groups is 1.